The number of carbonyl (C=O) groups excluding carboxylic acids is 2. The Labute approximate surface area is 83.9 Å². The van der Waals surface area contributed by atoms with Crippen molar-refractivity contribution in [1.29, 1.82) is 0 Å². The second-order valence-corrected chi connectivity index (χ2v) is 2.90. The molecule has 0 aromatic heterocycles. The molecule has 0 heterocycles. The van der Waals surface area contributed by atoms with Gasteiger partial charge < -0.3 is 9.47 Å². The molecule has 0 fully saturated rings. The molecular weight excluding hydrogens is 184 g/mol. The number of hydrogen-bond donors (Lipinski definition) is 0. The quantitative estimate of drug-likeness (QED) is 0.498. The van der Waals surface area contributed by atoms with Gasteiger partial charge in [-0.3, -0.25) is 4.79 Å². The summed E-state index contributed by atoms with van der Waals surface area (Å²) >= 11 is 0. The van der Waals surface area contributed by atoms with Crippen LogP contribution in [-0.2, 0) is 19.1 Å². The SMILES string of the molecule is C=C(C(=O)OC)[C@@H](CCC)OC(C)=O. The van der Waals surface area contributed by atoms with Crippen molar-refractivity contribution in [3.8, 4) is 0 Å². The molecule has 0 aromatic carbocycles. The molecule has 0 saturated heterocycles. The lowest BCUT2D eigenvalue weighted by Gasteiger charge is -2.16. The highest BCUT2D eigenvalue weighted by molar-refractivity contribution is 5.89. The highest BCUT2D eigenvalue weighted by atomic mass is 16.6. The standard InChI is InChI=1S/C10H16O4/c1-5-6-9(14-8(3)11)7(2)10(12)13-4/h9H,2,5-6H2,1,3-4H3/t9-/m1/s1. The van der Waals surface area contributed by atoms with Crippen molar-refractivity contribution < 1.29 is 19.1 Å². The Hall–Kier alpha value is -1.32. The molecule has 0 saturated carbocycles. The summed E-state index contributed by atoms with van der Waals surface area (Å²) in [6.07, 6.45) is 0.812. The van der Waals surface area contributed by atoms with Crippen molar-refractivity contribution in [2.75, 3.05) is 7.11 Å². The molecular formula is C10H16O4. The van der Waals surface area contributed by atoms with Crippen LogP contribution in [0, 0.1) is 0 Å². The van der Waals surface area contributed by atoms with Crippen molar-refractivity contribution >= 4 is 11.9 Å². The zero-order valence-electron chi connectivity index (χ0n) is 8.83. The largest absolute Gasteiger partial charge is 0.466 e. The molecule has 0 aromatic rings. The van der Waals surface area contributed by atoms with Crippen molar-refractivity contribution in [1.82, 2.24) is 0 Å². The number of hydrogen-bond acceptors (Lipinski definition) is 4. The minimum absolute atomic E-state index is 0.185. The topological polar surface area (TPSA) is 52.6 Å². The minimum Gasteiger partial charge on any atom is -0.466 e. The Balaban J connectivity index is 4.39. The molecule has 80 valence electrons. The minimum atomic E-state index is -0.565. The molecule has 0 aliphatic rings. The normalized spacial score (nSPS) is 11.6. The summed E-state index contributed by atoms with van der Waals surface area (Å²) in [4.78, 5) is 21.8. The summed E-state index contributed by atoms with van der Waals surface area (Å²) in [7, 11) is 1.27. The van der Waals surface area contributed by atoms with Gasteiger partial charge in [0.1, 0.15) is 6.10 Å². The van der Waals surface area contributed by atoms with Crippen LogP contribution >= 0.6 is 0 Å². The number of carbonyl (C=O) groups is 2. The number of ether oxygens (including phenoxy) is 2. The third-order valence-electron chi connectivity index (χ3n) is 1.70. The van der Waals surface area contributed by atoms with Gasteiger partial charge in [-0.15, -0.1) is 0 Å². The van der Waals surface area contributed by atoms with Crippen LogP contribution < -0.4 is 0 Å². The van der Waals surface area contributed by atoms with Gasteiger partial charge in [0.2, 0.25) is 0 Å². The maximum atomic E-state index is 11.1. The van der Waals surface area contributed by atoms with E-state index in [0.29, 0.717) is 6.42 Å². The highest BCUT2D eigenvalue weighted by Gasteiger charge is 2.21. The second kappa shape index (κ2) is 6.18. The van der Waals surface area contributed by atoms with Gasteiger partial charge in [-0.05, 0) is 6.42 Å². The predicted octanol–water partition coefficient (Wildman–Crippen LogP) is 1.45. The summed E-state index contributed by atoms with van der Waals surface area (Å²) in [6, 6.07) is 0. The first-order valence-corrected chi connectivity index (χ1v) is 4.47. The van der Waals surface area contributed by atoms with Crippen LogP contribution in [0.15, 0.2) is 12.2 Å². The lowest BCUT2D eigenvalue weighted by Crippen LogP contribution is -2.23. The number of rotatable bonds is 5. The van der Waals surface area contributed by atoms with Crippen molar-refractivity contribution in [3.05, 3.63) is 12.2 Å². The average molecular weight is 200 g/mol. The smallest absolute Gasteiger partial charge is 0.336 e. The molecule has 1 atom stereocenters. The van der Waals surface area contributed by atoms with Gasteiger partial charge in [-0.2, -0.15) is 0 Å². The van der Waals surface area contributed by atoms with Crippen LogP contribution in [0.3, 0.4) is 0 Å². The van der Waals surface area contributed by atoms with Crippen molar-refractivity contribution in [2.45, 2.75) is 32.8 Å². The van der Waals surface area contributed by atoms with Crippen molar-refractivity contribution in [3.63, 3.8) is 0 Å². The third kappa shape index (κ3) is 4.07. The number of esters is 2. The van der Waals surface area contributed by atoms with E-state index in [9.17, 15) is 9.59 Å². The predicted molar refractivity (Wildman–Crippen MR) is 51.6 cm³/mol. The van der Waals surface area contributed by atoms with Crippen LogP contribution in [0.5, 0.6) is 0 Å². The van der Waals surface area contributed by atoms with Gasteiger partial charge >= 0.3 is 11.9 Å². The molecule has 0 N–H and O–H groups in total. The molecule has 14 heavy (non-hydrogen) atoms. The molecule has 0 rings (SSSR count). The van der Waals surface area contributed by atoms with E-state index < -0.39 is 18.0 Å². The van der Waals surface area contributed by atoms with Crippen LogP contribution in [0.1, 0.15) is 26.7 Å². The summed E-state index contributed by atoms with van der Waals surface area (Å²) in [5, 5.41) is 0. The van der Waals surface area contributed by atoms with E-state index in [-0.39, 0.29) is 5.57 Å². The average Bonchev–Trinajstić information content (AvgIpc) is 2.14. The first kappa shape index (κ1) is 12.7. The van der Waals surface area contributed by atoms with Gasteiger partial charge in [0.25, 0.3) is 0 Å². The molecule has 0 aliphatic carbocycles. The third-order valence-corrected chi connectivity index (χ3v) is 1.70. The first-order valence-electron chi connectivity index (χ1n) is 4.47. The zero-order valence-corrected chi connectivity index (χ0v) is 8.83. The van der Waals surface area contributed by atoms with Gasteiger partial charge in [0, 0.05) is 6.92 Å². The Morgan fingerprint density at radius 2 is 2.00 bits per heavy atom. The molecule has 0 bridgehead atoms. The Morgan fingerprint density at radius 1 is 1.43 bits per heavy atom. The first-order chi connectivity index (χ1) is 6.52. The van der Waals surface area contributed by atoms with Gasteiger partial charge in [0.15, 0.2) is 0 Å². The van der Waals surface area contributed by atoms with Gasteiger partial charge in [-0.1, -0.05) is 19.9 Å². The van der Waals surface area contributed by atoms with Gasteiger partial charge in [0.05, 0.1) is 12.7 Å². The summed E-state index contributed by atoms with van der Waals surface area (Å²) < 4.78 is 9.43. The molecule has 4 heteroatoms. The molecule has 0 unspecified atom stereocenters. The van der Waals surface area contributed by atoms with Crippen molar-refractivity contribution in [2.24, 2.45) is 0 Å². The maximum absolute atomic E-state index is 11.1. The molecule has 0 amide bonds. The van der Waals surface area contributed by atoms with Crippen LogP contribution in [0.2, 0.25) is 0 Å². The summed E-state index contributed by atoms with van der Waals surface area (Å²) in [6.45, 7) is 6.78. The fourth-order valence-corrected chi connectivity index (χ4v) is 1.03. The van der Waals surface area contributed by atoms with E-state index in [1.807, 2.05) is 6.92 Å². The summed E-state index contributed by atoms with van der Waals surface area (Å²) in [5.41, 5.74) is 0.185. The van der Waals surface area contributed by atoms with E-state index in [0.717, 1.165) is 6.42 Å². The van der Waals surface area contributed by atoms with E-state index in [1.165, 1.54) is 14.0 Å². The van der Waals surface area contributed by atoms with E-state index >= 15 is 0 Å². The fourth-order valence-electron chi connectivity index (χ4n) is 1.03. The second-order valence-electron chi connectivity index (χ2n) is 2.90. The van der Waals surface area contributed by atoms with E-state index in [4.69, 9.17) is 4.74 Å². The van der Waals surface area contributed by atoms with Crippen LogP contribution in [0.4, 0.5) is 0 Å². The zero-order chi connectivity index (χ0) is 11.1. The fraction of sp³-hybridized carbons (Fsp3) is 0.600. The lowest BCUT2D eigenvalue weighted by molar-refractivity contribution is -0.147. The highest BCUT2D eigenvalue weighted by Crippen LogP contribution is 2.13. The maximum Gasteiger partial charge on any atom is 0.336 e. The Bertz CT molecular complexity index is 232. The Kier molecular flexibility index (Phi) is 5.60. The summed E-state index contributed by atoms with van der Waals surface area (Å²) in [5.74, 6) is -0.960. The molecule has 0 aliphatic heterocycles. The van der Waals surface area contributed by atoms with E-state index in [2.05, 4.69) is 11.3 Å². The molecule has 0 radical (unpaired) electrons. The number of methoxy groups -OCH3 is 1. The molecule has 0 spiro atoms. The molecule has 4 nitrogen and oxygen atoms in total. The monoisotopic (exact) mass is 200 g/mol. The Morgan fingerprint density at radius 3 is 2.36 bits per heavy atom. The lowest BCUT2D eigenvalue weighted by atomic mass is 10.1. The van der Waals surface area contributed by atoms with E-state index in [1.54, 1.807) is 0 Å². The van der Waals surface area contributed by atoms with Gasteiger partial charge in [-0.25, -0.2) is 4.79 Å². The van der Waals surface area contributed by atoms with Crippen LogP contribution in [-0.4, -0.2) is 25.2 Å². The van der Waals surface area contributed by atoms with Crippen LogP contribution in [0.25, 0.3) is 0 Å².